The molecule has 0 bridgehead atoms. The summed E-state index contributed by atoms with van der Waals surface area (Å²) in [6.45, 7) is 3.71. The number of nitrogen functional groups attached to an aromatic ring is 1. The van der Waals surface area contributed by atoms with Crippen molar-refractivity contribution in [1.29, 1.82) is 0 Å². The Labute approximate surface area is 194 Å². The van der Waals surface area contributed by atoms with Crippen molar-refractivity contribution in [1.82, 2.24) is 35.3 Å². The molecule has 11 heteroatoms. The summed E-state index contributed by atoms with van der Waals surface area (Å²) in [5.41, 5.74) is 9.45. The maximum Gasteiger partial charge on any atom is 0.270 e. The van der Waals surface area contributed by atoms with Gasteiger partial charge in [0, 0.05) is 18.2 Å². The normalized spacial score (nSPS) is 15.1. The summed E-state index contributed by atoms with van der Waals surface area (Å²) >= 11 is 0. The molecule has 0 aliphatic carbocycles. The number of aromatic amines is 1. The average Bonchev–Trinajstić information content (AvgIpc) is 3.60. The smallest absolute Gasteiger partial charge is 0.270 e. The predicted octanol–water partition coefficient (Wildman–Crippen LogP) is 3.15. The van der Waals surface area contributed by atoms with E-state index in [-0.39, 0.29) is 11.6 Å². The summed E-state index contributed by atoms with van der Waals surface area (Å²) < 4.78 is 18.4. The number of rotatable bonds is 7. The van der Waals surface area contributed by atoms with Crippen LogP contribution in [0.1, 0.15) is 53.1 Å². The van der Waals surface area contributed by atoms with Crippen LogP contribution in [0.4, 0.5) is 10.2 Å². The summed E-state index contributed by atoms with van der Waals surface area (Å²) in [6, 6.07) is 6.40. The molecule has 3 aromatic heterocycles. The van der Waals surface area contributed by atoms with Crippen molar-refractivity contribution >= 4 is 22.8 Å². The Morgan fingerprint density at radius 2 is 2.12 bits per heavy atom. The van der Waals surface area contributed by atoms with E-state index in [0.717, 1.165) is 25.9 Å². The van der Waals surface area contributed by atoms with Crippen LogP contribution in [0.15, 0.2) is 35.1 Å². The highest BCUT2D eigenvalue weighted by molar-refractivity contribution is 5.94. The second-order valence-corrected chi connectivity index (χ2v) is 8.45. The van der Waals surface area contributed by atoms with Gasteiger partial charge in [-0.1, -0.05) is 11.2 Å². The van der Waals surface area contributed by atoms with E-state index in [1.807, 2.05) is 0 Å². The number of nitrogens with one attached hydrogen (secondary N) is 2. The minimum atomic E-state index is -0.550. The minimum absolute atomic E-state index is 0.260. The standard InChI is InChI=1S/C23H25FN8O2/c1-13(28-23(33)20-15(21(25)27-12-26-20)11-32-6-2-3-7-32)17-9-19(34-31-17)22-29-16-5-4-14(10-24)8-18(16)30-22/h4-5,8-9,12-13H,2-3,6-7,10-11H2,1H3,(H,28,33)(H,29,30)(H2,25,26,27)/t13-/m0/s1. The average molecular weight is 465 g/mol. The molecule has 5 rings (SSSR count). The molecule has 0 saturated carbocycles. The largest absolute Gasteiger partial charge is 0.383 e. The molecule has 34 heavy (non-hydrogen) atoms. The van der Waals surface area contributed by atoms with Crippen LogP contribution in [-0.2, 0) is 13.2 Å². The molecule has 0 radical (unpaired) electrons. The van der Waals surface area contributed by atoms with Gasteiger partial charge in [-0.3, -0.25) is 9.69 Å². The van der Waals surface area contributed by atoms with Crippen LogP contribution >= 0.6 is 0 Å². The van der Waals surface area contributed by atoms with Crippen molar-refractivity contribution in [3.63, 3.8) is 0 Å². The van der Waals surface area contributed by atoms with Gasteiger partial charge in [0.05, 0.1) is 17.1 Å². The molecule has 1 fully saturated rings. The Kier molecular flexibility index (Phi) is 5.93. The maximum atomic E-state index is 13.0. The third-order valence-electron chi connectivity index (χ3n) is 6.03. The van der Waals surface area contributed by atoms with Gasteiger partial charge in [-0.25, -0.2) is 19.3 Å². The van der Waals surface area contributed by atoms with Gasteiger partial charge in [-0.2, -0.15) is 0 Å². The molecule has 10 nitrogen and oxygen atoms in total. The first-order valence-electron chi connectivity index (χ1n) is 11.2. The molecule has 1 aliphatic heterocycles. The molecular weight excluding hydrogens is 439 g/mol. The van der Waals surface area contributed by atoms with E-state index >= 15 is 0 Å². The van der Waals surface area contributed by atoms with Gasteiger partial charge in [0.15, 0.2) is 5.82 Å². The quantitative estimate of drug-likeness (QED) is 0.379. The highest BCUT2D eigenvalue weighted by atomic mass is 19.1. The van der Waals surface area contributed by atoms with Gasteiger partial charge >= 0.3 is 0 Å². The van der Waals surface area contributed by atoms with Gasteiger partial charge in [0.2, 0.25) is 5.76 Å². The fourth-order valence-corrected chi connectivity index (χ4v) is 4.14. The Morgan fingerprint density at radius 1 is 1.29 bits per heavy atom. The van der Waals surface area contributed by atoms with E-state index in [9.17, 15) is 9.18 Å². The molecule has 0 spiro atoms. The zero-order valence-electron chi connectivity index (χ0n) is 18.7. The number of halogens is 1. The second kappa shape index (κ2) is 9.18. The summed E-state index contributed by atoms with van der Waals surface area (Å²) in [5, 5.41) is 7.00. The minimum Gasteiger partial charge on any atom is -0.383 e. The maximum absolute atomic E-state index is 13.0. The third kappa shape index (κ3) is 4.34. The fraction of sp³-hybridized carbons (Fsp3) is 0.348. The van der Waals surface area contributed by atoms with Gasteiger partial charge in [-0.05, 0) is 50.6 Å². The number of carbonyl (C=O) groups is 1. The van der Waals surface area contributed by atoms with Crippen molar-refractivity contribution in [2.75, 3.05) is 18.8 Å². The first kappa shape index (κ1) is 22.0. The van der Waals surface area contributed by atoms with Crippen molar-refractivity contribution < 1.29 is 13.7 Å². The summed E-state index contributed by atoms with van der Waals surface area (Å²) in [7, 11) is 0. The lowest BCUT2D eigenvalue weighted by Crippen LogP contribution is -2.30. The van der Waals surface area contributed by atoms with E-state index < -0.39 is 12.7 Å². The van der Waals surface area contributed by atoms with E-state index in [1.165, 1.54) is 6.33 Å². The highest BCUT2D eigenvalue weighted by Gasteiger charge is 2.23. The van der Waals surface area contributed by atoms with Gasteiger partial charge < -0.3 is 20.6 Å². The molecule has 4 aromatic rings. The van der Waals surface area contributed by atoms with Crippen LogP contribution in [0.5, 0.6) is 0 Å². The monoisotopic (exact) mass is 464 g/mol. The topological polar surface area (TPSA) is 139 Å². The second-order valence-electron chi connectivity index (χ2n) is 8.45. The number of nitrogens with two attached hydrogens (primary N) is 1. The lowest BCUT2D eigenvalue weighted by atomic mass is 10.1. The Morgan fingerprint density at radius 3 is 2.91 bits per heavy atom. The van der Waals surface area contributed by atoms with Crippen LogP contribution < -0.4 is 11.1 Å². The lowest BCUT2D eigenvalue weighted by Gasteiger charge is -2.18. The van der Waals surface area contributed by atoms with Crippen molar-refractivity contribution in [2.45, 2.75) is 39.0 Å². The number of aromatic nitrogens is 5. The Balaban J connectivity index is 1.32. The van der Waals surface area contributed by atoms with Crippen molar-refractivity contribution in [3.05, 3.63) is 53.1 Å². The number of carbonyl (C=O) groups excluding carboxylic acids is 1. The molecular formula is C23H25FN8O2. The third-order valence-corrected chi connectivity index (χ3v) is 6.03. The molecule has 1 saturated heterocycles. The summed E-state index contributed by atoms with van der Waals surface area (Å²) in [6.07, 6.45) is 3.55. The predicted molar refractivity (Wildman–Crippen MR) is 123 cm³/mol. The number of nitrogens with zero attached hydrogens (tertiary/aromatic N) is 5. The van der Waals surface area contributed by atoms with Crippen LogP contribution in [0.3, 0.4) is 0 Å². The van der Waals surface area contributed by atoms with Gasteiger partial charge in [-0.15, -0.1) is 0 Å². The molecule has 4 heterocycles. The van der Waals surface area contributed by atoms with E-state index in [0.29, 0.717) is 51.8 Å². The number of amides is 1. The van der Waals surface area contributed by atoms with Crippen LogP contribution in [0.2, 0.25) is 0 Å². The molecule has 1 amide bonds. The number of likely N-dealkylation sites (tertiary alicyclic amines) is 1. The van der Waals surface area contributed by atoms with Crippen molar-refractivity contribution in [2.24, 2.45) is 0 Å². The van der Waals surface area contributed by atoms with E-state index in [4.69, 9.17) is 10.3 Å². The number of imidazole rings is 1. The van der Waals surface area contributed by atoms with Crippen molar-refractivity contribution in [3.8, 4) is 11.6 Å². The molecule has 0 unspecified atom stereocenters. The number of H-pyrrole nitrogens is 1. The Bertz CT molecular complexity index is 1330. The molecule has 176 valence electrons. The first-order chi connectivity index (χ1) is 16.5. The zero-order chi connectivity index (χ0) is 23.7. The van der Waals surface area contributed by atoms with Crippen LogP contribution in [0, 0.1) is 0 Å². The molecule has 1 aromatic carbocycles. The number of alkyl halides is 1. The van der Waals surface area contributed by atoms with Crippen LogP contribution in [-0.4, -0.2) is 49.0 Å². The highest BCUT2D eigenvalue weighted by Crippen LogP contribution is 2.25. The summed E-state index contributed by atoms with van der Waals surface area (Å²) in [4.78, 5) is 31.2. The first-order valence-corrected chi connectivity index (χ1v) is 11.2. The molecule has 4 N–H and O–H groups in total. The summed E-state index contributed by atoms with van der Waals surface area (Å²) in [5.74, 6) is 0.835. The van der Waals surface area contributed by atoms with Gasteiger partial charge in [0.1, 0.15) is 30.2 Å². The van der Waals surface area contributed by atoms with Crippen LogP contribution in [0.25, 0.3) is 22.6 Å². The molecule has 1 aliphatic rings. The lowest BCUT2D eigenvalue weighted by molar-refractivity contribution is 0.0931. The molecule has 1 atom stereocenters. The zero-order valence-corrected chi connectivity index (χ0v) is 18.7. The Hall–Kier alpha value is -3.86. The fourth-order valence-electron chi connectivity index (χ4n) is 4.14. The number of benzene rings is 1. The SMILES string of the molecule is C[C@H](NC(=O)c1ncnc(N)c1CN1CCCC1)c1cc(-c2nc3ccc(CF)cc3[nH]2)on1. The van der Waals surface area contributed by atoms with Gasteiger partial charge in [0.25, 0.3) is 5.91 Å². The number of fused-ring (bicyclic) bond motifs is 1. The van der Waals surface area contributed by atoms with E-state index in [1.54, 1.807) is 31.2 Å². The number of anilines is 1. The number of hydrogen-bond donors (Lipinski definition) is 3. The number of hydrogen-bond acceptors (Lipinski definition) is 8. The van der Waals surface area contributed by atoms with E-state index in [2.05, 4.69) is 35.3 Å².